The number of alkyl halides is 3. The fourth-order valence-corrected chi connectivity index (χ4v) is 4.75. The van der Waals surface area contributed by atoms with Gasteiger partial charge in [0.15, 0.2) is 0 Å². The maximum absolute atomic E-state index is 14.7. The van der Waals surface area contributed by atoms with Crippen LogP contribution in [-0.2, 0) is 6.42 Å². The number of hydrogen-bond acceptors (Lipinski definition) is 1. The van der Waals surface area contributed by atoms with Crippen LogP contribution in [0.1, 0.15) is 36.1 Å². The van der Waals surface area contributed by atoms with Crippen LogP contribution < -0.4 is 0 Å². The van der Waals surface area contributed by atoms with E-state index in [1.54, 1.807) is 19.1 Å². The van der Waals surface area contributed by atoms with Crippen molar-refractivity contribution in [3.63, 3.8) is 0 Å². The van der Waals surface area contributed by atoms with Crippen molar-refractivity contribution >= 4 is 21.5 Å². The average molecular weight is 440 g/mol. The Hall–Kier alpha value is -1.66. The van der Waals surface area contributed by atoms with E-state index in [0.717, 1.165) is 22.3 Å². The SMILES string of the molecule is C[C@@H]1CC2=C(Cc3ccccc32)[C@@H](c2cc(Br)ccc2F)N1CC(F)(F)F. The molecule has 2 atom stereocenters. The summed E-state index contributed by atoms with van der Waals surface area (Å²) in [7, 11) is 0. The van der Waals surface area contributed by atoms with Crippen molar-refractivity contribution in [2.75, 3.05) is 6.54 Å². The Morgan fingerprint density at radius 1 is 1.15 bits per heavy atom. The van der Waals surface area contributed by atoms with E-state index in [1.165, 1.54) is 11.0 Å². The van der Waals surface area contributed by atoms with Crippen molar-refractivity contribution in [3.8, 4) is 0 Å². The molecule has 1 aliphatic carbocycles. The van der Waals surface area contributed by atoms with Crippen molar-refractivity contribution in [2.24, 2.45) is 0 Å². The van der Waals surface area contributed by atoms with E-state index in [1.807, 2.05) is 24.3 Å². The minimum atomic E-state index is -4.35. The van der Waals surface area contributed by atoms with Crippen molar-refractivity contribution in [3.05, 3.63) is 75.0 Å². The highest BCUT2D eigenvalue weighted by molar-refractivity contribution is 9.10. The Morgan fingerprint density at radius 2 is 1.89 bits per heavy atom. The molecule has 2 aromatic rings. The van der Waals surface area contributed by atoms with Crippen molar-refractivity contribution in [1.29, 1.82) is 0 Å². The van der Waals surface area contributed by atoms with E-state index in [-0.39, 0.29) is 6.04 Å². The molecule has 0 amide bonds. The molecule has 0 fully saturated rings. The van der Waals surface area contributed by atoms with E-state index in [2.05, 4.69) is 15.9 Å². The van der Waals surface area contributed by atoms with E-state index >= 15 is 0 Å². The van der Waals surface area contributed by atoms with Gasteiger partial charge in [-0.25, -0.2) is 4.39 Å². The lowest BCUT2D eigenvalue weighted by Crippen LogP contribution is -2.46. The summed E-state index contributed by atoms with van der Waals surface area (Å²) < 4.78 is 55.4. The first-order chi connectivity index (χ1) is 12.7. The minimum Gasteiger partial charge on any atom is -0.281 e. The van der Waals surface area contributed by atoms with Gasteiger partial charge in [-0.2, -0.15) is 13.2 Å². The predicted molar refractivity (Wildman–Crippen MR) is 101 cm³/mol. The van der Waals surface area contributed by atoms with Gasteiger partial charge >= 0.3 is 6.18 Å². The molecule has 0 radical (unpaired) electrons. The maximum atomic E-state index is 14.7. The molecule has 0 saturated heterocycles. The molecule has 1 aliphatic heterocycles. The largest absolute Gasteiger partial charge is 0.401 e. The lowest BCUT2D eigenvalue weighted by molar-refractivity contribution is -0.155. The first-order valence-corrected chi connectivity index (χ1v) is 9.61. The van der Waals surface area contributed by atoms with Gasteiger partial charge in [-0.3, -0.25) is 4.90 Å². The first kappa shape index (κ1) is 18.7. The molecular weight excluding hydrogens is 422 g/mol. The number of benzene rings is 2. The van der Waals surface area contributed by atoms with Crippen LogP contribution in [0.5, 0.6) is 0 Å². The van der Waals surface area contributed by atoms with Crippen LogP contribution in [0.2, 0.25) is 0 Å². The fourth-order valence-electron chi connectivity index (χ4n) is 4.37. The van der Waals surface area contributed by atoms with Crippen LogP contribution in [0.3, 0.4) is 0 Å². The summed E-state index contributed by atoms with van der Waals surface area (Å²) in [6.45, 7) is 0.733. The monoisotopic (exact) mass is 439 g/mol. The van der Waals surface area contributed by atoms with Gasteiger partial charge < -0.3 is 0 Å². The van der Waals surface area contributed by atoms with Crippen LogP contribution in [0.15, 0.2) is 52.5 Å². The minimum absolute atomic E-state index is 0.292. The molecule has 2 aliphatic rings. The highest BCUT2D eigenvalue weighted by atomic mass is 79.9. The number of hydrogen-bond donors (Lipinski definition) is 0. The molecule has 0 unspecified atom stereocenters. The molecule has 0 bridgehead atoms. The zero-order valence-corrected chi connectivity index (χ0v) is 16.2. The third kappa shape index (κ3) is 3.45. The summed E-state index contributed by atoms with van der Waals surface area (Å²) in [6.07, 6.45) is -3.25. The number of nitrogens with zero attached hydrogens (tertiary/aromatic N) is 1. The number of fused-ring (bicyclic) bond motifs is 2. The summed E-state index contributed by atoms with van der Waals surface area (Å²) in [5, 5.41) is 0. The smallest absolute Gasteiger partial charge is 0.281 e. The van der Waals surface area contributed by atoms with Crippen LogP contribution in [0.25, 0.3) is 5.57 Å². The molecule has 0 spiro atoms. The molecule has 0 aromatic heterocycles. The molecule has 0 saturated carbocycles. The van der Waals surface area contributed by atoms with E-state index < -0.39 is 24.6 Å². The molecule has 0 N–H and O–H groups in total. The first-order valence-electron chi connectivity index (χ1n) is 8.82. The molecule has 1 heterocycles. The normalized spacial score (nSPS) is 22.7. The Kier molecular flexibility index (Phi) is 4.67. The standard InChI is InChI=1S/C21H18BrF4N/c1-12-8-16-15-5-3-2-4-13(15)9-17(16)20(27(12)11-21(24,25)26)18-10-14(22)6-7-19(18)23/h2-7,10,12,20H,8-9,11H2,1H3/t12-,20+/m1/s1. The Bertz CT molecular complexity index is 919. The second-order valence-electron chi connectivity index (χ2n) is 7.25. The van der Waals surface area contributed by atoms with Crippen LogP contribution in [0.4, 0.5) is 17.6 Å². The Labute approximate surface area is 163 Å². The Morgan fingerprint density at radius 3 is 2.63 bits per heavy atom. The number of rotatable bonds is 2. The summed E-state index contributed by atoms with van der Waals surface area (Å²) >= 11 is 3.34. The summed E-state index contributed by atoms with van der Waals surface area (Å²) in [4.78, 5) is 1.40. The molecule has 1 nitrogen and oxygen atoms in total. The zero-order valence-electron chi connectivity index (χ0n) is 14.7. The molecule has 142 valence electrons. The van der Waals surface area contributed by atoms with E-state index in [4.69, 9.17) is 0 Å². The lowest BCUT2D eigenvalue weighted by atomic mass is 9.85. The van der Waals surface area contributed by atoms with Crippen LogP contribution in [0, 0.1) is 5.82 Å². The molecule has 27 heavy (non-hydrogen) atoms. The van der Waals surface area contributed by atoms with Gasteiger partial charge in [-0.05, 0) is 60.2 Å². The third-order valence-corrected chi connectivity index (χ3v) is 5.95. The molecule has 2 aromatic carbocycles. The predicted octanol–water partition coefficient (Wildman–Crippen LogP) is 6.30. The van der Waals surface area contributed by atoms with Crippen molar-refractivity contribution < 1.29 is 17.6 Å². The van der Waals surface area contributed by atoms with Gasteiger partial charge in [0.25, 0.3) is 0 Å². The zero-order chi connectivity index (χ0) is 19.3. The van der Waals surface area contributed by atoms with Gasteiger partial charge in [-0.15, -0.1) is 0 Å². The van der Waals surface area contributed by atoms with E-state index in [0.29, 0.717) is 22.9 Å². The van der Waals surface area contributed by atoms with Gasteiger partial charge in [-0.1, -0.05) is 40.2 Å². The van der Waals surface area contributed by atoms with Crippen molar-refractivity contribution in [1.82, 2.24) is 4.90 Å². The fraction of sp³-hybridized carbons (Fsp3) is 0.333. The third-order valence-electron chi connectivity index (χ3n) is 5.45. The molecular formula is C21H18BrF4N. The average Bonchev–Trinajstić information content (AvgIpc) is 2.95. The summed E-state index contributed by atoms with van der Waals surface area (Å²) in [6, 6.07) is 11.3. The molecule has 4 rings (SSSR count). The topological polar surface area (TPSA) is 3.24 Å². The van der Waals surface area contributed by atoms with E-state index in [9.17, 15) is 17.6 Å². The van der Waals surface area contributed by atoms with Crippen molar-refractivity contribution in [2.45, 2.75) is 38.0 Å². The van der Waals surface area contributed by atoms with Crippen LogP contribution in [-0.4, -0.2) is 23.7 Å². The highest BCUT2D eigenvalue weighted by Crippen LogP contribution is 2.49. The highest BCUT2D eigenvalue weighted by Gasteiger charge is 2.44. The molecule has 6 heteroatoms. The maximum Gasteiger partial charge on any atom is 0.401 e. The van der Waals surface area contributed by atoms with Gasteiger partial charge in [0, 0.05) is 16.1 Å². The van der Waals surface area contributed by atoms with Gasteiger partial charge in [0.1, 0.15) is 5.82 Å². The summed E-state index contributed by atoms with van der Waals surface area (Å²) in [5.74, 6) is -0.479. The van der Waals surface area contributed by atoms with Gasteiger partial charge in [0.2, 0.25) is 0 Å². The second-order valence-corrected chi connectivity index (χ2v) is 8.16. The lowest BCUT2D eigenvalue weighted by Gasteiger charge is -2.42. The number of halogens is 5. The quantitative estimate of drug-likeness (QED) is 0.496. The van der Waals surface area contributed by atoms with Crippen LogP contribution >= 0.6 is 15.9 Å². The van der Waals surface area contributed by atoms with Gasteiger partial charge in [0.05, 0.1) is 12.6 Å². The second kappa shape index (κ2) is 6.74. The Balaban J connectivity index is 1.88. The summed E-state index contributed by atoms with van der Waals surface area (Å²) in [5.41, 5.74) is 4.44.